The molecule has 0 saturated carbocycles. The highest BCUT2D eigenvalue weighted by molar-refractivity contribution is 14.0. The molecule has 0 aromatic carbocycles. The first-order valence-electron chi connectivity index (χ1n) is 7.29. The largest absolute Gasteiger partial charge is 0.444 e. The molecule has 1 aliphatic heterocycles. The minimum atomic E-state index is -0.450. The van der Waals surface area contributed by atoms with Crippen LogP contribution in [0.25, 0.3) is 0 Å². The minimum Gasteiger partial charge on any atom is -0.444 e. The highest BCUT2D eigenvalue weighted by Crippen LogP contribution is 2.14. The van der Waals surface area contributed by atoms with E-state index in [4.69, 9.17) is 9.47 Å². The Labute approximate surface area is 150 Å². The molecule has 0 unspecified atom stereocenters. The summed E-state index contributed by atoms with van der Waals surface area (Å²) in [6.07, 6.45) is 0.662. The van der Waals surface area contributed by atoms with Gasteiger partial charge in [-0.15, -0.1) is 24.0 Å². The SMILES string of the molecule is CN=C(NCCCOC)NC1CN(C(=O)OC(C)(C)C)C1.I. The lowest BCUT2D eigenvalue weighted by molar-refractivity contribution is 0.00701. The van der Waals surface area contributed by atoms with E-state index in [1.807, 2.05) is 20.8 Å². The number of carbonyl (C=O) groups excluding carboxylic acids is 1. The van der Waals surface area contributed by atoms with Crippen LogP contribution in [0.2, 0.25) is 0 Å². The Morgan fingerprint density at radius 1 is 1.36 bits per heavy atom. The molecule has 0 atom stereocenters. The minimum absolute atomic E-state index is 0. The van der Waals surface area contributed by atoms with Crippen molar-refractivity contribution in [3.8, 4) is 0 Å². The Kier molecular flexibility index (Phi) is 9.74. The van der Waals surface area contributed by atoms with Gasteiger partial charge in [-0.25, -0.2) is 4.79 Å². The third-order valence-electron chi connectivity index (χ3n) is 2.92. The molecular formula is C14H29IN4O3. The number of nitrogens with zero attached hydrogens (tertiary/aromatic N) is 2. The Hall–Kier alpha value is -0.770. The van der Waals surface area contributed by atoms with Gasteiger partial charge in [0.25, 0.3) is 0 Å². The summed E-state index contributed by atoms with van der Waals surface area (Å²) in [5.41, 5.74) is -0.450. The molecule has 0 aromatic heterocycles. The topological polar surface area (TPSA) is 75.2 Å². The zero-order valence-electron chi connectivity index (χ0n) is 14.1. The maximum Gasteiger partial charge on any atom is 0.410 e. The van der Waals surface area contributed by atoms with E-state index in [1.165, 1.54) is 0 Å². The van der Waals surface area contributed by atoms with E-state index in [2.05, 4.69) is 15.6 Å². The van der Waals surface area contributed by atoms with Crippen molar-refractivity contribution in [3.63, 3.8) is 0 Å². The molecule has 8 heteroatoms. The summed E-state index contributed by atoms with van der Waals surface area (Å²) in [5.74, 6) is 0.750. The van der Waals surface area contributed by atoms with E-state index in [0.717, 1.165) is 25.5 Å². The average molecular weight is 428 g/mol. The molecule has 130 valence electrons. The van der Waals surface area contributed by atoms with E-state index in [1.54, 1.807) is 19.1 Å². The molecule has 1 rings (SSSR count). The van der Waals surface area contributed by atoms with Crippen molar-refractivity contribution in [3.05, 3.63) is 0 Å². The monoisotopic (exact) mass is 428 g/mol. The maximum absolute atomic E-state index is 11.8. The summed E-state index contributed by atoms with van der Waals surface area (Å²) in [7, 11) is 3.42. The molecule has 0 radical (unpaired) electrons. The highest BCUT2D eigenvalue weighted by Gasteiger charge is 2.34. The molecule has 7 nitrogen and oxygen atoms in total. The standard InChI is InChI=1S/C14H28N4O3.HI/c1-14(2,3)21-13(19)18-9-11(10-18)17-12(15-4)16-7-6-8-20-5;/h11H,6-10H2,1-5H3,(H2,15,16,17);1H. The number of likely N-dealkylation sites (tertiary alicyclic amines) is 1. The smallest absolute Gasteiger partial charge is 0.410 e. The van der Waals surface area contributed by atoms with Crippen molar-refractivity contribution in [1.29, 1.82) is 0 Å². The van der Waals surface area contributed by atoms with Crippen LogP contribution in [0.3, 0.4) is 0 Å². The van der Waals surface area contributed by atoms with E-state index in [9.17, 15) is 4.79 Å². The zero-order chi connectivity index (χ0) is 15.9. The van der Waals surface area contributed by atoms with Gasteiger partial charge in [0, 0.05) is 40.4 Å². The van der Waals surface area contributed by atoms with Gasteiger partial charge in [0.05, 0.1) is 6.04 Å². The van der Waals surface area contributed by atoms with Crippen molar-refractivity contribution in [2.45, 2.75) is 38.8 Å². The summed E-state index contributed by atoms with van der Waals surface area (Å²) in [4.78, 5) is 17.6. The first kappa shape index (κ1) is 21.2. The molecule has 22 heavy (non-hydrogen) atoms. The molecule has 1 aliphatic rings. The van der Waals surface area contributed by atoms with Gasteiger partial charge >= 0.3 is 6.09 Å². The van der Waals surface area contributed by atoms with Crippen LogP contribution in [-0.4, -0.2) is 69.0 Å². The number of rotatable bonds is 5. The first-order valence-corrected chi connectivity index (χ1v) is 7.29. The molecule has 1 saturated heterocycles. The molecule has 1 fully saturated rings. The number of methoxy groups -OCH3 is 1. The van der Waals surface area contributed by atoms with Crippen molar-refractivity contribution in [2.75, 3.05) is 40.4 Å². The number of amides is 1. The second kappa shape index (κ2) is 10.1. The van der Waals surface area contributed by atoms with Crippen LogP contribution in [0, 0.1) is 0 Å². The zero-order valence-corrected chi connectivity index (χ0v) is 16.5. The molecular weight excluding hydrogens is 399 g/mol. The number of guanidine groups is 1. The van der Waals surface area contributed by atoms with E-state index in [-0.39, 0.29) is 36.1 Å². The number of carbonyl (C=O) groups is 1. The lowest BCUT2D eigenvalue weighted by Crippen LogP contribution is -2.63. The van der Waals surface area contributed by atoms with Crippen LogP contribution >= 0.6 is 24.0 Å². The first-order chi connectivity index (χ1) is 9.85. The molecule has 2 N–H and O–H groups in total. The van der Waals surface area contributed by atoms with E-state index < -0.39 is 5.60 Å². The molecule has 0 bridgehead atoms. The van der Waals surface area contributed by atoms with Crippen LogP contribution < -0.4 is 10.6 Å². The normalized spacial score (nSPS) is 15.7. The van der Waals surface area contributed by atoms with Crippen molar-refractivity contribution < 1.29 is 14.3 Å². The highest BCUT2D eigenvalue weighted by atomic mass is 127. The van der Waals surface area contributed by atoms with Gasteiger partial charge in [0.15, 0.2) is 5.96 Å². The van der Waals surface area contributed by atoms with E-state index in [0.29, 0.717) is 13.1 Å². The molecule has 1 amide bonds. The number of nitrogens with one attached hydrogen (secondary N) is 2. The van der Waals surface area contributed by atoms with E-state index >= 15 is 0 Å². The summed E-state index contributed by atoms with van der Waals surface area (Å²) in [6, 6.07) is 0.214. The molecule has 0 spiro atoms. The fourth-order valence-corrected chi connectivity index (χ4v) is 1.86. The Balaban J connectivity index is 0.00000441. The average Bonchev–Trinajstić information content (AvgIpc) is 2.33. The number of aliphatic imine (C=N–C) groups is 1. The second-order valence-corrected chi connectivity index (χ2v) is 6.07. The molecule has 1 heterocycles. The third kappa shape index (κ3) is 8.02. The van der Waals surface area contributed by atoms with Crippen LogP contribution in [0.4, 0.5) is 4.79 Å². The Bertz CT molecular complexity index is 366. The predicted octanol–water partition coefficient (Wildman–Crippen LogP) is 1.43. The predicted molar refractivity (Wildman–Crippen MR) is 98.0 cm³/mol. The van der Waals surface area contributed by atoms with Crippen molar-refractivity contribution in [2.24, 2.45) is 4.99 Å². The molecule has 0 aliphatic carbocycles. The lowest BCUT2D eigenvalue weighted by Gasteiger charge is -2.40. The maximum atomic E-state index is 11.8. The van der Waals surface area contributed by atoms with Crippen molar-refractivity contribution >= 4 is 36.0 Å². The van der Waals surface area contributed by atoms with Gasteiger partial charge in [-0.1, -0.05) is 0 Å². The van der Waals surface area contributed by atoms with Gasteiger partial charge in [-0.3, -0.25) is 4.99 Å². The van der Waals surface area contributed by atoms with Crippen LogP contribution in [0.1, 0.15) is 27.2 Å². The third-order valence-corrected chi connectivity index (χ3v) is 2.92. The van der Waals surface area contributed by atoms with Crippen LogP contribution in [0.5, 0.6) is 0 Å². The number of hydrogen-bond acceptors (Lipinski definition) is 4. The second-order valence-electron chi connectivity index (χ2n) is 6.07. The Morgan fingerprint density at radius 2 is 2.00 bits per heavy atom. The van der Waals surface area contributed by atoms with Gasteiger partial charge in [0.2, 0.25) is 0 Å². The number of halogens is 1. The van der Waals surface area contributed by atoms with Gasteiger partial charge in [-0.2, -0.15) is 0 Å². The van der Waals surface area contributed by atoms with Gasteiger partial charge in [0.1, 0.15) is 5.60 Å². The van der Waals surface area contributed by atoms with Crippen molar-refractivity contribution in [1.82, 2.24) is 15.5 Å². The number of hydrogen-bond donors (Lipinski definition) is 2. The van der Waals surface area contributed by atoms with Gasteiger partial charge < -0.3 is 25.0 Å². The van der Waals surface area contributed by atoms with Crippen LogP contribution in [-0.2, 0) is 9.47 Å². The summed E-state index contributed by atoms with van der Waals surface area (Å²) in [6.45, 7) is 8.39. The lowest BCUT2D eigenvalue weighted by atomic mass is 10.1. The summed E-state index contributed by atoms with van der Waals surface area (Å²) in [5, 5.41) is 6.49. The van der Waals surface area contributed by atoms with Gasteiger partial charge in [-0.05, 0) is 27.2 Å². The molecule has 0 aromatic rings. The summed E-state index contributed by atoms with van der Waals surface area (Å²) < 4.78 is 10.3. The number of ether oxygens (including phenoxy) is 2. The summed E-state index contributed by atoms with van der Waals surface area (Å²) >= 11 is 0. The Morgan fingerprint density at radius 3 is 2.50 bits per heavy atom. The van der Waals surface area contributed by atoms with Crippen LogP contribution in [0.15, 0.2) is 4.99 Å². The fourth-order valence-electron chi connectivity index (χ4n) is 1.86. The quantitative estimate of drug-likeness (QED) is 0.300. The fraction of sp³-hybridized carbons (Fsp3) is 0.857.